The van der Waals surface area contributed by atoms with Crippen LogP contribution in [0.15, 0.2) is 12.2 Å². The highest BCUT2D eigenvalue weighted by Crippen LogP contribution is 2.24. The number of nitrogens with zero attached hydrogens (tertiary/aromatic N) is 1. The lowest BCUT2D eigenvalue weighted by Gasteiger charge is -2.24. The van der Waals surface area contributed by atoms with E-state index in [1.54, 1.807) is 6.08 Å². The molecule has 1 saturated carbocycles. The molecule has 0 aromatic rings. The summed E-state index contributed by atoms with van der Waals surface area (Å²) >= 11 is 0. The fourth-order valence-corrected chi connectivity index (χ4v) is 1.28. The summed E-state index contributed by atoms with van der Waals surface area (Å²) in [5, 5.41) is 12.0. The van der Waals surface area contributed by atoms with Crippen molar-refractivity contribution in [1.29, 1.82) is 5.26 Å². The highest BCUT2D eigenvalue weighted by atomic mass is 16.1. The fraction of sp³-hybridized carbons (Fsp3) is 0.600. The van der Waals surface area contributed by atoms with Gasteiger partial charge < -0.3 is 11.1 Å². The average molecular weight is 193 g/mol. The van der Waals surface area contributed by atoms with Gasteiger partial charge >= 0.3 is 0 Å². The third kappa shape index (κ3) is 3.58. The molecule has 1 rings (SSSR count). The van der Waals surface area contributed by atoms with E-state index in [9.17, 15) is 4.79 Å². The highest BCUT2D eigenvalue weighted by Gasteiger charge is 2.30. The van der Waals surface area contributed by atoms with Crippen molar-refractivity contribution >= 4 is 5.91 Å². The number of nitrogens with two attached hydrogens (primary N) is 1. The first kappa shape index (κ1) is 10.7. The molecule has 0 aliphatic heterocycles. The minimum atomic E-state index is -0.480. The number of nitriles is 1. The first-order valence-corrected chi connectivity index (χ1v) is 4.69. The van der Waals surface area contributed by atoms with Crippen molar-refractivity contribution in [2.45, 2.75) is 37.8 Å². The van der Waals surface area contributed by atoms with Crippen LogP contribution in [0.1, 0.15) is 26.2 Å². The molecule has 0 aromatic heterocycles. The van der Waals surface area contributed by atoms with Crippen molar-refractivity contribution in [3.8, 4) is 6.07 Å². The number of nitrogens with one attached hydrogen (secondary N) is 1. The van der Waals surface area contributed by atoms with E-state index in [1.165, 1.54) is 6.08 Å². The number of rotatable bonds is 5. The van der Waals surface area contributed by atoms with Crippen LogP contribution in [0.5, 0.6) is 0 Å². The van der Waals surface area contributed by atoms with Crippen LogP contribution in [-0.4, -0.2) is 17.5 Å². The minimum Gasteiger partial charge on any atom is -0.366 e. The quantitative estimate of drug-likeness (QED) is 0.622. The maximum absolute atomic E-state index is 10.6. The Morgan fingerprint density at radius 1 is 1.79 bits per heavy atom. The normalized spacial score (nSPS) is 20.3. The van der Waals surface area contributed by atoms with Gasteiger partial charge in [-0.25, -0.2) is 0 Å². The van der Waals surface area contributed by atoms with Crippen LogP contribution in [0.2, 0.25) is 0 Å². The fourth-order valence-electron chi connectivity index (χ4n) is 1.28. The number of primary amides is 1. The second kappa shape index (κ2) is 4.25. The molecule has 1 aliphatic carbocycles. The van der Waals surface area contributed by atoms with E-state index in [0.29, 0.717) is 12.5 Å². The van der Waals surface area contributed by atoms with Crippen LogP contribution < -0.4 is 11.1 Å². The average Bonchev–Trinajstić information content (AvgIpc) is 2.85. The van der Waals surface area contributed by atoms with Gasteiger partial charge in [0.15, 0.2) is 0 Å². The van der Waals surface area contributed by atoms with Crippen LogP contribution in [0.4, 0.5) is 0 Å². The minimum absolute atomic E-state index is 0.341. The molecule has 0 aromatic carbocycles. The Hall–Kier alpha value is -1.34. The second-order valence-electron chi connectivity index (χ2n) is 3.91. The van der Waals surface area contributed by atoms with Crippen LogP contribution >= 0.6 is 0 Å². The summed E-state index contributed by atoms with van der Waals surface area (Å²) in [6.07, 6.45) is 5.62. The highest BCUT2D eigenvalue weighted by molar-refractivity contribution is 5.85. The number of hydrogen-bond acceptors (Lipinski definition) is 3. The molecule has 4 heteroatoms. The Morgan fingerprint density at radius 2 is 2.43 bits per heavy atom. The van der Waals surface area contributed by atoms with Gasteiger partial charge in [-0.1, -0.05) is 6.08 Å². The molecule has 3 N–H and O–H groups in total. The van der Waals surface area contributed by atoms with Gasteiger partial charge in [-0.2, -0.15) is 5.26 Å². The number of carbonyl (C=O) groups excluding carboxylic acids is 1. The molecule has 1 fully saturated rings. The largest absolute Gasteiger partial charge is 0.366 e. The van der Waals surface area contributed by atoms with Crippen LogP contribution in [0, 0.1) is 11.3 Å². The number of hydrogen-bond donors (Lipinski definition) is 2. The first-order chi connectivity index (χ1) is 6.56. The van der Waals surface area contributed by atoms with Crippen molar-refractivity contribution in [3.63, 3.8) is 0 Å². The lowest BCUT2D eigenvalue weighted by molar-refractivity contribution is -0.113. The molecule has 4 nitrogen and oxygen atoms in total. The van der Waals surface area contributed by atoms with Crippen LogP contribution in [0.25, 0.3) is 0 Å². The topological polar surface area (TPSA) is 78.9 Å². The van der Waals surface area contributed by atoms with Gasteiger partial charge in [0.1, 0.15) is 0 Å². The van der Waals surface area contributed by atoms with Crippen molar-refractivity contribution in [2.24, 2.45) is 5.73 Å². The van der Waals surface area contributed by atoms with Crippen LogP contribution in [0.3, 0.4) is 0 Å². The summed E-state index contributed by atoms with van der Waals surface area (Å²) in [6, 6.07) is 2.59. The zero-order chi connectivity index (χ0) is 10.6. The Morgan fingerprint density at radius 3 is 2.86 bits per heavy atom. The third-order valence-corrected chi connectivity index (χ3v) is 2.17. The van der Waals surface area contributed by atoms with Crippen molar-refractivity contribution in [1.82, 2.24) is 5.32 Å². The van der Waals surface area contributed by atoms with Gasteiger partial charge in [-0.3, -0.25) is 4.79 Å². The molecule has 0 spiro atoms. The van der Waals surface area contributed by atoms with Gasteiger partial charge in [0, 0.05) is 17.7 Å². The summed E-state index contributed by atoms with van der Waals surface area (Å²) in [5.74, 6) is -0.480. The zero-order valence-corrected chi connectivity index (χ0v) is 8.29. The van der Waals surface area contributed by atoms with Gasteiger partial charge in [0.05, 0.1) is 12.5 Å². The molecule has 0 saturated heterocycles. The third-order valence-electron chi connectivity index (χ3n) is 2.17. The van der Waals surface area contributed by atoms with Gasteiger partial charge in [0.25, 0.3) is 0 Å². The van der Waals surface area contributed by atoms with E-state index < -0.39 is 11.4 Å². The SMILES string of the molecule is CC(C=CC(N)=O)(CC#N)NC1CC1. The predicted molar refractivity (Wildman–Crippen MR) is 53.1 cm³/mol. The lowest BCUT2D eigenvalue weighted by Crippen LogP contribution is -2.41. The molecule has 1 atom stereocenters. The number of carbonyl (C=O) groups is 1. The molecule has 0 radical (unpaired) electrons. The Labute approximate surface area is 83.8 Å². The molecule has 14 heavy (non-hydrogen) atoms. The number of amides is 1. The van der Waals surface area contributed by atoms with E-state index in [4.69, 9.17) is 11.0 Å². The maximum Gasteiger partial charge on any atom is 0.241 e. The summed E-state index contributed by atoms with van der Waals surface area (Å²) in [7, 11) is 0. The van der Waals surface area contributed by atoms with Gasteiger partial charge in [-0.15, -0.1) is 0 Å². The second-order valence-corrected chi connectivity index (χ2v) is 3.91. The monoisotopic (exact) mass is 193 g/mol. The molecule has 1 amide bonds. The molecule has 0 heterocycles. The van der Waals surface area contributed by atoms with Crippen molar-refractivity contribution in [2.75, 3.05) is 0 Å². The molecule has 0 bridgehead atoms. The van der Waals surface area contributed by atoms with E-state index in [0.717, 1.165) is 12.8 Å². The summed E-state index contributed by atoms with van der Waals surface area (Å²) in [4.78, 5) is 10.6. The van der Waals surface area contributed by atoms with Crippen LogP contribution in [-0.2, 0) is 4.79 Å². The molecular weight excluding hydrogens is 178 g/mol. The zero-order valence-electron chi connectivity index (χ0n) is 8.29. The smallest absolute Gasteiger partial charge is 0.241 e. The Balaban J connectivity index is 2.59. The van der Waals surface area contributed by atoms with E-state index in [1.807, 2.05) is 6.92 Å². The summed E-state index contributed by atoms with van der Waals surface area (Å²) in [6.45, 7) is 1.90. The maximum atomic E-state index is 10.6. The Bertz CT molecular complexity index is 288. The van der Waals surface area contributed by atoms with Crippen molar-refractivity contribution < 1.29 is 4.79 Å². The Kier molecular flexibility index (Phi) is 3.26. The first-order valence-electron chi connectivity index (χ1n) is 4.69. The van der Waals surface area contributed by atoms with Gasteiger partial charge in [-0.05, 0) is 19.8 Å². The predicted octanol–water partition coefficient (Wildman–Crippen LogP) is 0.452. The summed E-state index contributed by atoms with van der Waals surface area (Å²) < 4.78 is 0. The lowest BCUT2D eigenvalue weighted by atomic mass is 9.97. The van der Waals surface area contributed by atoms with Crippen molar-refractivity contribution in [3.05, 3.63) is 12.2 Å². The molecule has 1 aliphatic rings. The molecular formula is C10H15N3O. The summed E-state index contributed by atoms with van der Waals surface area (Å²) in [5.41, 5.74) is 4.58. The molecule has 76 valence electrons. The standard InChI is InChI=1S/C10H15N3O/c1-10(6-7-11,5-4-9(12)14)13-8-2-3-8/h4-5,8,13H,2-3,6H2,1H3,(H2,12,14). The van der Waals surface area contributed by atoms with Gasteiger partial charge in [0.2, 0.25) is 5.91 Å². The molecule has 1 unspecified atom stereocenters. The van der Waals surface area contributed by atoms with E-state index in [-0.39, 0.29) is 0 Å². The van der Waals surface area contributed by atoms with E-state index in [2.05, 4.69) is 11.4 Å². The van der Waals surface area contributed by atoms with E-state index >= 15 is 0 Å².